The third-order valence-corrected chi connectivity index (χ3v) is 4.70. The van der Waals surface area contributed by atoms with Crippen LogP contribution in [0, 0.1) is 5.82 Å². The lowest BCUT2D eigenvalue weighted by Crippen LogP contribution is -2.11. The number of rotatable bonds is 3. The second-order valence-corrected chi connectivity index (χ2v) is 6.33. The Labute approximate surface area is 133 Å². The van der Waals surface area contributed by atoms with Crippen molar-refractivity contribution in [3.63, 3.8) is 0 Å². The first-order valence-corrected chi connectivity index (χ1v) is 7.85. The number of nitrogens with zero attached hydrogens (tertiary/aromatic N) is 2. The molecule has 3 nitrogen and oxygen atoms in total. The maximum atomic E-state index is 13.3. The summed E-state index contributed by atoms with van der Waals surface area (Å²) in [4.78, 5) is 0. The lowest BCUT2D eigenvalue weighted by atomic mass is 10.1. The molecule has 2 N–H and O–H groups in total. The van der Waals surface area contributed by atoms with E-state index in [1.807, 2.05) is 30.3 Å². The van der Waals surface area contributed by atoms with Crippen LogP contribution in [-0.2, 0) is 0 Å². The molecule has 21 heavy (non-hydrogen) atoms. The minimum absolute atomic E-state index is 0.301. The van der Waals surface area contributed by atoms with E-state index in [0.717, 1.165) is 21.1 Å². The molecule has 0 amide bonds. The van der Waals surface area contributed by atoms with E-state index in [-0.39, 0.29) is 11.9 Å². The Bertz CT molecular complexity index is 761. The first-order valence-electron chi connectivity index (χ1n) is 6.24. The maximum Gasteiger partial charge on any atom is 0.147 e. The molecule has 3 aromatic rings. The molecule has 0 saturated carbocycles. The van der Waals surface area contributed by atoms with E-state index in [4.69, 9.17) is 5.73 Å². The van der Waals surface area contributed by atoms with Crippen LogP contribution in [0.5, 0.6) is 0 Å². The van der Waals surface area contributed by atoms with E-state index < -0.39 is 0 Å². The molecule has 0 spiro atoms. The third kappa shape index (κ3) is 3.02. The minimum Gasteiger partial charge on any atom is -0.318 e. The Morgan fingerprint density at radius 3 is 2.57 bits per heavy atom. The Balaban J connectivity index is 1.91. The van der Waals surface area contributed by atoms with Gasteiger partial charge in [0.1, 0.15) is 15.8 Å². The van der Waals surface area contributed by atoms with Crippen LogP contribution in [-0.4, -0.2) is 10.2 Å². The van der Waals surface area contributed by atoms with Gasteiger partial charge in [0.2, 0.25) is 0 Å². The molecule has 0 aliphatic rings. The fourth-order valence-corrected chi connectivity index (χ4v) is 3.16. The van der Waals surface area contributed by atoms with Crippen LogP contribution in [0.2, 0.25) is 0 Å². The molecule has 0 radical (unpaired) electrons. The summed E-state index contributed by atoms with van der Waals surface area (Å²) < 4.78 is 13.7. The van der Waals surface area contributed by atoms with E-state index in [9.17, 15) is 4.39 Å². The highest BCUT2D eigenvalue weighted by atomic mass is 79.9. The zero-order chi connectivity index (χ0) is 14.8. The number of aromatic nitrogens is 2. The zero-order valence-corrected chi connectivity index (χ0v) is 13.2. The molecule has 1 aromatic heterocycles. The van der Waals surface area contributed by atoms with Crippen molar-refractivity contribution in [1.29, 1.82) is 0 Å². The van der Waals surface area contributed by atoms with Gasteiger partial charge in [0.25, 0.3) is 0 Å². The predicted molar refractivity (Wildman–Crippen MR) is 85.5 cm³/mol. The van der Waals surface area contributed by atoms with E-state index in [1.54, 1.807) is 12.1 Å². The summed E-state index contributed by atoms with van der Waals surface area (Å²) in [7, 11) is 0. The summed E-state index contributed by atoms with van der Waals surface area (Å²) in [5.74, 6) is -0.301. The van der Waals surface area contributed by atoms with E-state index >= 15 is 0 Å². The molecule has 2 aromatic carbocycles. The number of nitrogens with two attached hydrogens (primary N) is 1. The lowest BCUT2D eigenvalue weighted by Gasteiger charge is -2.06. The van der Waals surface area contributed by atoms with Gasteiger partial charge >= 0.3 is 0 Å². The number of halogens is 2. The van der Waals surface area contributed by atoms with Crippen molar-refractivity contribution in [3.8, 4) is 10.6 Å². The van der Waals surface area contributed by atoms with Gasteiger partial charge in [-0.25, -0.2) is 4.39 Å². The third-order valence-electron chi connectivity index (χ3n) is 3.03. The molecule has 0 bridgehead atoms. The average molecular weight is 364 g/mol. The maximum absolute atomic E-state index is 13.3. The average Bonchev–Trinajstić information content (AvgIpc) is 3.00. The van der Waals surface area contributed by atoms with E-state index in [2.05, 4.69) is 26.1 Å². The van der Waals surface area contributed by atoms with Gasteiger partial charge in [-0.15, -0.1) is 10.2 Å². The van der Waals surface area contributed by atoms with Crippen molar-refractivity contribution in [2.45, 2.75) is 6.04 Å². The quantitative estimate of drug-likeness (QED) is 0.760. The van der Waals surface area contributed by atoms with Crippen molar-refractivity contribution in [3.05, 3.63) is 69.4 Å². The molecule has 6 heteroatoms. The Hall–Kier alpha value is -1.63. The molecule has 1 heterocycles. The first-order chi connectivity index (χ1) is 10.1. The summed E-state index contributed by atoms with van der Waals surface area (Å²) in [5, 5.41) is 9.76. The fourth-order valence-electron chi connectivity index (χ4n) is 1.91. The standard InChI is InChI=1S/C15H11BrFN3S/c16-11-8-10(6-7-12(11)17)14-19-20-15(21-14)13(18)9-4-2-1-3-5-9/h1-8,13H,18H2. The highest BCUT2D eigenvalue weighted by Crippen LogP contribution is 2.30. The van der Waals surface area contributed by atoms with Gasteiger partial charge in [0.15, 0.2) is 0 Å². The van der Waals surface area contributed by atoms with Gasteiger partial charge in [-0.2, -0.15) is 0 Å². The molecule has 0 aliphatic heterocycles. The molecule has 1 unspecified atom stereocenters. The summed E-state index contributed by atoms with van der Waals surface area (Å²) in [6.07, 6.45) is 0. The number of hydrogen-bond donors (Lipinski definition) is 1. The molecular formula is C15H11BrFN3S. The summed E-state index contributed by atoms with van der Waals surface area (Å²) in [6, 6.07) is 14.2. The summed E-state index contributed by atoms with van der Waals surface area (Å²) in [5.41, 5.74) is 8.00. The van der Waals surface area contributed by atoms with Crippen LogP contribution in [0.3, 0.4) is 0 Å². The highest BCUT2D eigenvalue weighted by Gasteiger charge is 2.15. The van der Waals surface area contributed by atoms with Crippen LogP contribution in [0.15, 0.2) is 53.0 Å². The van der Waals surface area contributed by atoms with Crippen LogP contribution >= 0.6 is 27.3 Å². The number of benzene rings is 2. The highest BCUT2D eigenvalue weighted by molar-refractivity contribution is 9.10. The normalized spacial score (nSPS) is 12.3. The van der Waals surface area contributed by atoms with Crippen molar-refractivity contribution in [2.24, 2.45) is 5.73 Å². The smallest absolute Gasteiger partial charge is 0.147 e. The van der Waals surface area contributed by atoms with Crippen LogP contribution in [0.25, 0.3) is 10.6 Å². The fraction of sp³-hybridized carbons (Fsp3) is 0.0667. The van der Waals surface area contributed by atoms with E-state index in [0.29, 0.717) is 4.47 Å². The van der Waals surface area contributed by atoms with Crippen LogP contribution in [0.4, 0.5) is 4.39 Å². The van der Waals surface area contributed by atoms with Crippen molar-refractivity contribution in [1.82, 2.24) is 10.2 Å². The van der Waals surface area contributed by atoms with Gasteiger partial charge in [-0.1, -0.05) is 41.7 Å². The van der Waals surface area contributed by atoms with Gasteiger partial charge in [0.05, 0.1) is 10.5 Å². The second kappa shape index (κ2) is 6.01. The SMILES string of the molecule is NC(c1ccccc1)c1nnc(-c2ccc(F)c(Br)c2)s1. The van der Waals surface area contributed by atoms with Crippen molar-refractivity contribution in [2.75, 3.05) is 0 Å². The topological polar surface area (TPSA) is 51.8 Å². The first kappa shape index (κ1) is 14.3. The molecule has 0 saturated heterocycles. The van der Waals surface area contributed by atoms with Gasteiger partial charge in [-0.05, 0) is 39.7 Å². The van der Waals surface area contributed by atoms with E-state index in [1.165, 1.54) is 17.4 Å². The molecule has 3 rings (SSSR count). The van der Waals surface area contributed by atoms with Crippen LogP contribution < -0.4 is 5.73 Å². The molecule has 106 valence electrons. The molecule has 1 atom stereocenters. The predicted octanol–water partition coefficient (Wildman–Crippen LogP) is 4.15. The Morgan fingerprint density at radius 1 is 1.10 bits per heavy atom. The Morgan fingerprint density at radius 2 is 1.86 bits per heavy atom. The van der Waals surface area contributed by atoms with Crippen molar-refractivity contribution >= 4 is 27.3 Å². The zero-order valence-electron chi connectivity index (χ0n) is 10.8. The molecule has 0 fully saturated rings. The minimum atomic E-state index is -0.304. The Kier molecular flexibility index (Phi) is 4.10. The molecular weight excluding hydrogens is 353 g/mol. The number of hydrogen-bond acceptors (Lipinski definition) is 4. The van der Waals surface area contributed by atoms with Crippen LogP contribution in [0.1, 0.15) is 16.6 Å². The van der Waals surface area contributed by atoms with Gasteiger partial charge < -0.3 is 5.73 Å². The summed E-state index contributed by atoms with van der Waals surface area (Å²) >= 11 is 4.59. The molecule has 0 aliphatic carbocycles. The summed E-state index contributed by atoms with van der Waals surface area (Å²) in [6.45, 7) is 0. The second-order valence-electron chi connectivity index (χ2n) is 4.46. The largest absolute Gasteiger partial charge is 0.318 e. The lowest BCUT2D eigenvalue weighted by molar-refractivity contribution is 0.621. The van der Waals surface area contributed by atoms with Crippen molar-refractivity contribution < 1.29 is 4.39 Å². The monoisotopic (exact) mass is 363 g/mol. The van der Waals surface area contributed by atoms with Gasteiger partial charge in [-0.3, -0.25) is 0 Å². The van der Waals surface area contributed by atoms with Gasteiger partial charge in [0, 0.05) is 5.56 Å².